The number of amides is 1. The molecular formula is C21H21BrN4O5. The van der Waals surface area contributed by atoms with Crippen molar-refractivity contribution in [3.63, 3.8) is 0 Å². The van der Waals surface area contributed by atoms with Gasteiger partial charge in [0.15, 0.2) is 0 Å². The number of aromatic amines is 1. The molecule has 3 aromatic rings. The highest BCUT2D eigenvalue weighted by Gasteiger charge is 2.35. The Labute approximate surface area is 185 Å². The van der Waals surface area contributed by atoms with Crippen LogP contribution in [0.15, 0.2) is 56.5 Å². The Hall–Kier alpha value is -2.95. The summed E-state index contributed by atoms with van der Waals surface area (Å²) in [4.78, 5) is 44.0. The number of aliphatic hydroxyl groups is 2. The second-order valence-corrected chi connectivity index (χ2v) is 8.31. The third-order valence-electron chi connectivity index (χ3n) is 5.29. The van der Waals surface area contributed by atoms with Crippen LogP contribution in [0.5, 0.6) is 0 Å². The Balaban J connectivity index is 2.03. The quantitative estimate of drug-likeness (QED) is 0.464. The second-order valence-electron chi connectivity index (χ2n) is 7.40. The van der Waals surface area contributed by atoms with E-state index in [4.69, 9.17) is 0 Å². The smallest absolute Gasteiger partial charge is 0.318 e. The molecular weight excluding hydrogens is 468 g/mol. The van der Waals surface area contributed by atoms with E-state index in [1.165, 1.54) is 16.4 Å². The number of nitrogens with one attached hydrogen (secondary N) is 1. The van der Waals surface area contributed by atoms with Gasteiger partial charge >= 0.3 is 11.1 Å². The molecule has 3 N–H and O–H groups in total. The van der Waals surface area contributed by atoms with Gasteiger partial charge in [0, 0.05) is 23.6 Å². The molecule has 0 aliphatic carbocycles. The molecule has 9 nitrogen and oxygen atoms in total. The van der Waals surface area contributed by atoms with Crippen molar-refractivity contribution in [3.8, 4) is 0 Å². The molecule has 10 heteroatoms. The maximum Gasteiger partial charge on any atom is 0.318 e. The summed E-state index contributed by atoms with van der Waals surface area (Å²) in [5, 5.41) is 19.5. The monoisotopic (exact) mass is 488 g/mol. The van der Waals surface area contributed by atoms with Crippen LogP contribution in [0.25, 0.3) is 11.0 Å². The highest BCUT2D eigenvalue weighted by molar-refractivity contribution is 9.10. The van der Waals surface area contributed by atoms with Gasteiger partial charge in [0.05, 0.1) is 36.0 Å². The maximum atomic E-state index is 13.0. The van der Waals surface area contributed by atoms with Crippen LogP contribution in [0.1, 0.15) is 13.1 Å². The van der Waals surface area contributed by atoms with Crippen LogP contribution >= 0.6 is 15.9 Å². The number of β-amino-alcohol motifs (C(OH)–C–C–N with tert-alkyl or cyclic N) is 1. The van der Waals surface area contributed by atoms with Crippen LogP contribution in [0, 0.1) is 0 Å². The lowest BCUT2D eigenvalue weighted by molar-refractivity contribution is -0.117. The molecule has 2 heterocycles. The molecule has 0 fully saturated rings. The Morgan fingerprint density at radius 1 is 1.29 bits per heavy atom. The Bertz CT molecular complexity index is 1260. The Kier molecular flexibility index (Phi) is 5.69. The first-order valence-electron chi connectivity index (χ1n) is 9.68. The van der Waals surface area contributed by atoms with E-state index in [9.17, 15) is 24.6 Å². The van der Waals surface area contributed by atoms with Gasteiger partial charge in [0.1, 0.15) is 6.17 Å². The molecule has 0 bridgehead atoms. The topological polar surface area (TPSA) is 119 Å². The van der Waals surface area contributed by atoms with Gasteiger partial charge < -0.3 is 20.1 Å². The molecule has 0 radical (unpaired) electrons. The first-order valence-corrected chi connectivity index (χ1v) is 10.5. The summed E-state index contributed by atoms with van der Waals surface area (Å²) in [5.41, 5.74) is 0.462. The third kappa shape index (κ3) is 3.78. The number of para-hydroxylation sites is 1. The third-order valence-corrected chi connectivity index (χ3v) is 5.75. The number of aliphatic hydroxyl groups excluding tert-OH is 2. The van der Waals surface area contributed by atoms with Crippen LogP contribution in [0.3, 0.4) is 0 Å². The SMILES string of the molecule is CC(=O)N(c1ccccc1)C1CN(CC(O)CO)c2cc(Br)cc3[nH]c(=O)c(=O)n1c23. The van der Waals surface area contributed by atoms with Gasteiger partial charge in [-0.2, -0.15) is 0 Å². The number of hydrogen-bond acceptors (Lipinski definition) is 6. The molecule has 0 spiro atoms. The summed E-state index contributed by atoms with van der Waals surface area (Å²) in [6.45, 7) is 1.16. The number of aromatic nitrogens is 2. The lowest BCUT2D eigenvalue weighted by atomic mass is 10.1. The number of nitrogens with zero attached hydrogens (tertiary/aromatic N) is 3. The van der Waals surface area contributed by atoms with Crippen LogP contribution in [-0.2, 0) is 4.79 Å². The molecule has 1 aliphatic rings. The minimum Gasteiger partial charge on any atom is -0.394 e. The average Bonchev–Trinajstić information content (AvgIpc) is 2.73. The number of halogens is 1. The molecule has 1 amide bonds. The second kappa shape index (κ2) is 8.29. The van der Waals surface area contributed by atoms with Gasteiger partial charge in [-0.1, -0.05) is 34.1 Å². The van der Waals surface area contributed by atoms with Crippen LogP contribution in [0.4, 0.5) is 11.4 Å². The summed E-state index contributed by atoms with van der Waals surface area (Å²) >= 11 is 3.42. The van der Waals surface area contributed by atoms with Crippen molar-refractivity contribution in [2.75, 3.05) is 29.5 Å². The van der Waals surface area contributed by atoms with Crippen molar-refractivity contribution in [3.05, 3.63) is 67.6 Å². The molecule has 2 aromatic carbocycles. The van der Waals surface area contributed by atoms with E-state index in [1.807, 2.05) is 6.07 Å². The maximum absolute atomic E-state index is 13.0. The number of benzene rings is 2. The predicted molar refractivity (Wildman–Crippen MR) is 120 cm³/mol. The van der Waals surface area contributed by atoms with E-state index in [2.05, 4.69) is 20.9 Å². The van der Waals surface area contributed by atoms with Crippen molar-refractivity contribution in [2.45, 2.75) is 19.2 Å². The molecule has 1 aromatic heterocycles. The van der Waals surface area contributed by atoms with Crippen molar-refractivity contribution in [2.24, 2.45) is 0 Å². The summed E-state index contributed by atoms with van der Waals surface area (Å²) in [6.07, 6.45) is -1.87. The molecule has 0 saturated carbocycles. The molecule has 1 aliphatic heterocycles. The zero-order valence-corrected chi connectivity index (χ0v) is 18.2. The van der Waals surface area contributed by atoms with Gasteiger partial charge in [-0.25, -0.2) is 0 Å². The number of carbonyl (C=O) groups excluding carboxylic acids is 1. The highest BCUT2D eigenvalue weighted by Crippen LogP contribution is 2.37. The zero-order valence-electron chi connectivity index (χ0n) is 16.7. The Morgan fingerprint density at radius 3 is 2.65 bits per heavy atom. The van der Waals surface area contributed by atoms with Gasteiger partial charge in [-0.3, -0.25) is 23.9 Å². The molecule has 162 valence electrons. The highest BCUT2D eigenvalue weighted by atomic mass is 79.9. The largest absolute Gasteiger partial charge is 0.394 e. The summed E-state index contributed by atoms with van der Waals surface area (Å²) in [7, 11) is 0. The van der Waals surface area contributed by atoms with E-state index in [1.54, 1.807) is 41.3 Å². The van der Waals surface area contributed by atoms with Gasteiger partial charge in [0.25, 0.3) is 0 Å². The molecule has 0 saturated heterocycles. The average molecular weight is 489 g/mol. The van der Waals surface area contributed by atoms with Crippen LogP contribution < -0.4 is 20.9 Å². The first-order chi connectivity index (χ1) is 14.8. The molecule has 31 heavy (non-hydrogen) atoms. The van der Waals surface area contributed by atoms with E-state index < -0.39 is 30.0 Å². The summed E-state index contributed by atoms with van der Waals surface area (Å²) in [6, 6.07) is 12.3. The number of carbonyl (C=O) groups is 1. The zero-order chi connectivity index (χ0) is 22.3. The van der Waals surface area contributed by atoms with Crippen molar-refractivity contribution in [1.82, 2.24) is 9.55 Å². The standard InChI is InChI=1S/C21H21BrN4O5/c1-12(28)25(14-5-3-2-4-6-14)18-10-24(9-15(29)11-27)17-8-13(22)7-16-19(17)26(18)21(31)20(30)23-16/h2-8,15,18,27,29H,9-11H2,1H3,(H,23,30). The van der Waals surface area contributed by atoms with Gasteiger partial charge in [-0.05, 0) is 24.3 Å². The fourth-order valence-corrected chi connectivity index (χ4v) is 4.50. The van der Waals surface area contributed by atoms with Gasteiger partial charge in [0.2, 0.25) is 5.91 Å². The van der Waals surface area contributed by atoms with E-state index >= 15 is 0 Å². The van der Waals surface area contributed by atoms with Crippen molar-refractivity contribution in [1.29, 1.82) is 0 Å². The minimum absolute atomic E-state index is 0.0758. The fourth-order valence-electron chi connectivity index (χ4n) is 4.06. The van der Waals surface area contributed by atoms with Crippen LogP contribution in [0.2, 0.25) is 0 Å². The summed E-state index contributed by atoms with van der Waals surface area (Å²) in [5.74, 6) is -0.306. The normalized spacial score (nSPS) is 16.4. The number of rotatable bonds is 5. The van der Waals surface area contributed by atoms with E-state index in [0.717, 1.165) is 0 Å². The van der Waals surface area contributed by atoms with Gasteiger partial charge in [-0.15, -0.1) is 0 Å². The number of H-pyrrole nitrogens is 1. The number of anilines is 2. The lowest BCUT2D eigenvalue weighted by Gasteiger charge is -2.42. The van der Waals surface area contributed by atoms with Crippen LogP contribution in [-0.4, -0.2) is 51.5 Å². The van der Waals surface area contributed by atoms with E-state index in [0.29, 0.717) is 26.9 Å². The fraction of sp³-hybridized carbons (Fsp3) is 0.286. The minimum atomic E-state index is -1.03. The molecule has 2 atom stereocenters. The lowest BCUT2D eigenvalue weighted by Crippen LogP contribution is -2.53. The molecule has 4 rings (SSSR count). The Morgan fingerprint density at radius 2 is 2.00 bits per heavy atom. The summed E-state index contributed by atoms with van der Waals surface area (Å²) < 4.78 is 2.01. The predicted octanol–water partition coefficient (Wildman–Crippen LogP) is 1.18. The number of hydrogen-bond donors (Lipinski definition) is 3. The molecule has 2 unspecified atom stereocenters. The first kappa shape index (κ1) is 21.3. The van der Waals surface area contributed by atoms with Crippen molar-refractivity contribution < 1.29 is 15.0 Å². The van der Waals surface area contributed by atoms with E-state index in [-0.39, 0.29) is 19.0 Å². The van der Waals surface area contributed by atoms with Crippen molar-refractivity contribution >= 4 is 44.2 Å².